The Morgan fingerprint density at radius 1 is 1.43 bits per heavy atom. The van der Waals surface area contributed by atoms with Crippen LogP contribution >= 0.6 is 0 Å². The first kappa shape index (κ1) is 16.9. The molecule has 1 aliphatic rings. The van der Waals surface area contributed by atoms with Crippen molar-refractivity contribution in [1.82, 2.24) is 10.2 Å². The van der Waals surface area contributed by atoms with E-state index in [1.807, 2.05) is 0 Å². The van der Waals surface area contributed by atoms with E-state index in [4.69, 9.17) is 0 Å². The third-order valence-electron chi connectivity index (χ3n) is 3.69. The standard InChI is InChI=1S/C16H18F2N2O3/c1-2-14(21)20-8-7-12(10-20)15(22)19-9-11-5-3-4-6-13(11)23-16(17)18/h2-6,12,16H,1,7-10H2,(H,19,22). The Hall–Kier alpha value is -2.44. The van der Waals surface area contributed by atoms with Crippen LogP contribution in [0.5, 0.6) is 5.75 Å². The minimum atomic E-state index is -2.92. The van der Waals surface area contributed by atoms with Crippen LogP contribution in [0.3, 0.4) is 0 Å². The van der Waals surface area contributed by atoms with E-state index in [1.54, 1.807) is 23.1 Å². The molecule has 1 heterocycles. The van der Waals surface area contributed by atoms with Crippen molar-refractivity contribution in [2.45, 2.75) is 19.6 Å². The molecule has 1 atom stereocenters. The summed E-state index contributed by atoms with van der Waals surface area (Å²) < 4.78 is 29.1. The van der Waals surface area contributed by atoms with Gasteiger partial charge in [-0.15, -0.1) is 0 Å². The summed E-state index contributed by atoms with van der Waals surface area (Å²) in [5.74, 6) is -0.674. The van der Waals surface area contributed by atoms with E-state index in [-0.39, 0.29) is 30.0 Å². The highest BCUT2D eigenvalue weighted by atomic mass is 19.3. The quantitative estimate of drug-likeness (QED) is 0.814. The molecule has 1 aromatic carbocycles. The van der Waals surface area contributed by atoms with Gasteiger partial charge in [0, 0.05) is 25.2 Å². The van der Waals surface area contributed by atoms with Crippen molar-refractivity contribution in [3.8, 4) is 5.75 Å². The number of nitrogens with one attached hydrogen (secondary N) is 1. The Morgan fingerprint density at radius 3 is 2.87 bits per heavy atom. The van der Waals surface area contributed by atoms with E-state index in [0.29, 0.717) is 25.1 Å². The van der Waals surface area contributed by atoms with Crippen molar-refractivity contribution in [3.05, 3.63) is 42.5 Å². The summed E-state index contributed by atoms with van der Waals surface area (Å²) in [7, 11) is 0. The minimum Gasteiger partial charge on any atom is -0.434 e. The lowest BCUT2D eigenvalue weighted by Crippen LogP contribution is -2.33. The van der Waals surface area contributed by atoms with E-state index in [2.05, 4.69) is 16.6 Å². The number of nitrogens with zero attached hydrogens (tertiary/aromatic N) is 1. The highest BCUT2D eigenvalue weighted by Crippen LogP contribution is 2.21. The SMILES string of the molecule is C=CC(=O)N1CCC(C(=O)NCc2ccccc2OC(F)F)C1. The van der Waals surface area contributed by atoms with E-state index < -0.39 is 6.61 Å². The fourth-order valence-electron chi connectivity index (χ4n) is 2.49. The number of hydrogen-bond donors (Lipinski definition) is 1. The number of likely N-dealkylation sites (tertiary alicyclic amines) is 1. The molecule has 1 fully saturated rings. The van der Waals surface area contributed by atoms with Crippen molar-refractivity contribution in [2.75, 3.05) is 13.1 Å². The molecule has 2 amide bonds. The van der Waals surface area contributed by atoms with Crippen LogP contribution in [0.15, 0.2) is 36.9 Å². The summed E-state index contributed by atoms with van der Waals surface area (Å²) in [4.78, 5) is 25.2. The lowest BCUT2D eigenvalue weighted by atomic mass is 10.1. The van der Waals surface area contributed by atoms with Crippen LogP contribution in [-0.4, -0.2) is 36.4 Å². The Balaban J connectivity index is 1.90. The van der Waals surface area contributed by atoms with Gasteiger partial charge in [0.15, 0.2) is 0 Å². The number of carbonyl (C=O) groups excluding carboxylic acids is 2. The summed E-state index contributed by atoms with van der Waals surface area (Å²) in [5.41, 5.74) is 0.471. The molecule has 124 valence electrons. The molecule has 0 spiro atoms. The summed E-state index contributed by atoms with van der Waals surface area (Å²) in [6.45, 7) is 1.44. The summed E-state index contributed by atoms with van der Waals surface area (Å²) in [6.07, 6.45) is 1.79. The lowest BCUT2D eigenvalue weighted by Gasteiger charge is -2.15. The highest BCUT2D eigenvalue weighted by Gasteiger charge is 2.29. The maximum Gasteiger partial charge on any atom is 0.387 e. The number of halogens is 2. The molecule has 1 aromatic rings. The van der Waals surface area contributed by atoms with Crippen LogP contribution < -0.4 is 10.1 Å². The highest BCUT2D eigenvalue weighted by molar-refractivity contribution is 5.88. The maximum atomic E-state index is 12.3. The number of ether oxygens (including phenoxy) is 1. The molecule has 5 nitrogen and oxygen atoms in total. The monoisotopic (exact) mass is 324 g/mol. The predicted molar refractivity (Wildman–Crippen MR) is 79.8 cm³/mol. The molecule has 0 aliphatic carbocycles. The number of amides is 2. The van der Waals surface area contributed by atoms with Crippen molar-refractivity contribution in [2.24, 2.45) is 5.92 Å². The average molecular weight is 324 g/mol. The normalized spacial score (nSPS) is 17.2. The second kappa shape index (κ2) is 7.71. The second-order valence-electron chi connectivity index (χ2n) is 5.18. The van der Waals surface area contributed by atoms with Crippen molar-refractivity contribution < 1.29 is 23.1 Å². The van der Waals surface area contributed by atoms with Crippen LogP contribution in [0.2, 0.25) is 0 Å². The molecule has 1 aliphatic heterocycles. The van der Waals surface area contributed by atoms with Gasteiger partial charge in [-0.2, -0.15) is 8.78 Å². The van der Waals surface area contributed by atoms with Crippen molar-refractivity contribution in [3.63, 3.8) is 0 Å². The molecule has 23 heavy (non-hydrogen) atoms. The fourth-order valence-corrected chi connectivity index (χ4v) is 2.49. The number of carbonyl (C=O) groups is 2. The molecule has 0 aromatic heterocycles. The van der Waals surface area contributed by atoms with Crippen molar-refractivity contribution in [1.29, 1.82) is 0 Å². The zero-order chi connectivity index (χ0) is 16.8. The second-order valence-corrected chi connectivity index (χ2v) is 5.18. The maximum absolute atomic E-state index is 12.3. The van der Waals surface area contributed by atoms with Gasteiger partial charge >= 0.3 is 6.61 Å². The van der Waals surface area contributed by atoms with Crippen LogP contribution in [-0.2, 0) is 16.1 Å². The third-order valence-corrected chi connectivity index (χ3v) is 3.69. The van der Waals surface area contributed by atoms with Gasteiger partial charge in [-0.25, -0.2) is 0 Å². The number of para-hydroxylation sites is 1. The van der Waals surface area contributed by atoms with Crippen LogP contribution in [0.4, 0.5) is 8.78 Å². The largest absolute Gasteiger partial charge is 0.434 e. The Bertz CT molecular complexity index is 592. The van der Waals surface area contributed by atoms with Crippen molar-refractivity contribution >= 4 is 11.8 Å². The Labute approximate surface area is 132 Å². The van der Waals surface area contributed by atoms with Gasteiger partial charge in [-0.3, -0.25) is 9.59 Å². The minimum absolute atomic E-state index is 0.0395. The molecule has 0 saturated carbocycles. The number of rotatable bonds is 6. The van der Waals surface area contributed by atoms with E-state index in [1.165, 1.54) is 12.1 Å². The van der Waals surface area contributed by atoms with Gasteiger partial charge in [-0.1, -0.05) is 24.8 Å². The molecule has 2 rings (SSSR count). The van der Waals surface area contributed by atoms with Gasteiger partial charge in [0.25, 0.3) is 0 Å². The van der Waals surface area contributed by atoms with Gasteiger partial charge in [0.05, 0.1) is 5.92 Å². The predicted octanol–water partition coefficient (Wildman–Crippen LogP) is 1.94. The van der Waals surface area contributed by atoms with E-state index >= 15 is 0 Å². The molecular formula is C16H18F2N2O3. The smallest absolute Gasteiger partial charge is 0.387 e. The Morgan fingerprint density at radius 2 is 2.17 bits per heavy atom. The van der Waals surface area contributed by atoms with Crippen LogP contribution in [0.1, 0.15) is 12.0 Å². The van der Waals surface area contributed by atoms with Gasteiger partial charge in [0.1, 0.15) is 5.75 Å². The summed E-state index contributed by atoms with van der Waals surface area (Å²) in [5, 5.41) is 2.70. The third kappa shape index (κ3) is 4.51. The lowest BCUT2D eigenvalue weighted by molar-refractivity contribution is -0.126. The molecular weight excluding hydrogens is 306 g/mol. The van der Waals surface area contributed by atoms with Crippen LogP contribution in [0, 0.1) is 5.92 Å². The number of hydrogen-bond acceptors (Lipinski definition) is 3. The first-order chi connectivity index (χ1) is 11.0. The fraction of sp³-hybridized carbons (Fsp3) is 0.375. The molecule has 0 radical (unpaired) electrons. The van der Waals surface area contributed by atoms with Gasteiger partial charge in [0.2, 0.25) is 11.8 Å². The van der Waals surface area contributed by atoms with Crippen LogP contribution in [0.25, 0.3) is 0 Å². The molecule has 7 heteroatoms. The molecule has 0 bridgehead atoms. The molecule has 1 N–H and O–H groups in total. The van der Waals surface area contributed by atoms with E-state index in [9.17, 15) is 18.4 Å². The number of alkyl halides is 2. The topological polar surface area (TPSA) is 58.6 Å². The van der Waals surface area contributed by atoms with Gasteiger partial charge in [-0.05, 0) is 18.6 Å². The zero-order valence-corrected chi connectivity index (χ0v) is 12.5. The Kier molecular flexibility index (Phi) is 5.67. The zero-order valence-electron chi connectivity index (χ0n) is 12.5. The summed E-state index contributed by atoms with van der Waals surface area (Å²) >= 11 is 0. The number of benzene rings is 1. The first-order valence-electron chi connectivity index (χ1n) is 7.23. The first-order valence-corrected chi connectivity index (χ1v) is 7.23. The summed E-state index contributed by atoms with van der Waals surface area (Å²) in [6, 6.07) is 6.30. The molecule has 1 unspecified atom stereocenters. The van der Waals surface area contributed by atoms with E-state index in [0.717, 1.165) is 0 Å². The molecule has 1 saturated heterocycles. The van der Waals surface area contributed by atoms with Gasteiger partial charge < -0.3 is 15.0 Å². The average Bonchev–Trinajstić information content (AvgIpc) is 3.02.